The minimum Gasteiger partial charge on any atom is -0.386 e. The molecule has 29 heteroatoms. The van der Waals surface area contributed by atoms with Crippen molar-refractivity contribution in [1.82, 2.24) is 30.2 Å². The van der Waals surface area contributed by atoms with Gasteiger partial charge in [-0.1, -0.05) is 84.4 Å². The fourth-order valence-electron chi connectivity index (χ4n) is 6.18. The highest BCUT2D eigenvalue weighted by Crippen LogP contribution is 2.61. The highest BCUT2D eigenvalue weighted by molar-refractivity contribution is 8.13. The summed E-state index contributed by atoms with van der Waals surface area (Å²) in [7, 11) is -16.4. The number of nitrogen functional groups attached to an aromatic ring is 1. The zero-order valence-electron chi connectivity index (χ0n) is 35.3. The number of nitrogens with one attached hydrogen (secondary N) is 2. The lowest BCUT2D eigenvalue weighted by Gasteiger charge is -2.30. The predicted molar refractivity (Wildman–Crippen MR) is 225 cm³/mol. The molecule has 0 saturated carbocycles. The average Bonchev–Trinajstić information content (AvgIpc) is 3.76. The third-order valence-corrected chi connectivity index (χ3v) is 13.8. The van der Waals surface area contributed by atoms with E-state index in [0.29, 0.717) is 0 Å². The molecule has 0 bridgehead atoms. The topological polar surface area (TPSA) is 384 Å². The van der Waals surface area contributed by atoms with Crippen LogP contribution in [0.4, 0.5) is 5.82 Å². The van der Waals surface area contributed by atoms with E-state index in [2.05, 4.69) is 41.3 Å². The highest BCUT2D eigenvalue weighted by atomic mass is 32.2. The minimum atomic E-state index is -5.59. The number of aliphatic hydroxyl groups is 3. The summed E-state index contributed by atoms with van der Waals surface area (Å²) in [5.41, 5.74) is 4.24. The van der Waals surface area contributed by atoms with E-state index in [-0.39, 0.29) is 53.3 Å². The monoisotopic (exact) mass is 979 g/mol. The molecule has 0 aliphatic carbocycles. The van der Waals surface area contributed by atoms with Crippen molar-refractivity contribution in [3.05, 3.63) is 12.7 Å². The third-order valence-electron chi connectivity index (χ3n) is 9.79. The number of thioether (sulfide) groups is 1. The van der Waals surface area contributed by atoms with Crippen molar-refractivity contribution >= 4 is 69.1 Å². The Morgan fingerprint density at radius 3 is 2.29 bits per heavy atom. The molecule has 63 heavy (non-hydrogen) atoms. The lowest BCUT2D eigenvalue weighted by Crippen LogP contribution is -2.46. The summed E-state index contributed by atoms with van der Waals surface area (Å²) in [5.74, 6) is -1.49. The maximum Gasteiger partial charge on any atom is 0.481 e. The van der Waals surface area contributed by atoms with E-state index in [0.717, 1.165) is 54.7 Å². The molecular formula is C34H60N7O18P3S. The second-order valence-corrected chi connectivity index (χ2v) is 20.9. The van der Waals surface area contributed by atoms with Crippen LogP contribution in [-0.4, -0.2) is 134 Å². The van der Waals surface area contributed by atoms with Crippen molar-refractivity contribution in [2.24, 2.45) is 11.3 Å². The van der Waals surface area contributed by atoms with Gasteiger partial charge in [0, 0.05) is 30.7 Å². The van der Waals surface area contributed by atoms with E-state index in [4.69, 9.17) is 19.5 Å². The van der Waals surface area contributed by atoms with Crippen molar-refractivity contribution in [2.75, 3.05) is 37.8 Å². The molecular weight excluding hydrogens is 919 g/mol. The first-order valence-corrected chi connectivity index (χ1v) is 25.6. The van der Waals surface area contributed by atoms with Gasteiger partial charge in [0.1, 0.15) is 42.4 Å². The summed E-state index contributed by atoms with van der Waals surface area (Å²) >= 11 is 0.909. The predicted octanol–water partition coefficient (Wildman–Crippen LogP) is 1.80. The van der Waals surface area contributed by atoms with E-state index >= 15 is 0 Å². The van der Waals surface area contributed by atoms with Crippen molar-refractivity contribution in [1.29, 1.82) is 0 Å². The first kappa shape index (κ1) is 54.9. The van der Waals surface area contributed by atoms with E-state index in [1.54, 1.807) is 0 Å². The van der Waals surface area contributed by atoms with Crippen LogP contribution in [0.3, 0.4) is 0 Å². The number of phosphoric ester groups is 3. The van der Waals surface area contributed by atoms with Gasteiger partial charge in [0.25, 0.3) is 0 Å². The number of phosphoric acid groups is 3. The zero-order valence-corrected chi connectivity index (χ0v) is 38.8. The zero-order chi connectivity index (χ0) is 47.2. The van der Waals surface area contributed by atoms with Crippen LogP contribution in [0.25, 0.3) is 11.2 Å². The molecule has 1 fully saturated rings. The summed E-state index contributed by atoms with van der Waals surface area (Å²) in [6.45, 7) is 4.34. The van der Waals surface area contributed by atoms with E-state index in [9.17, 15) is 63.0 Å². The van der Waals surface area contributed by atoms with Crippen LogP contribution in [0.5, 0.6) is 0 Å². The van der Waals surface area contributed by atoms with Crippen molar-refractivity contribution in [3.63, 3.8) is 0 Å². The Balaban J connectivity index is 1.40. The molecule has 4 unspecified atom stereocenters. The second-order valence-electron chi connectivity index (χ2n) is 15.6. The maximum absolute atomic E-state index is 12.7. The molecule has 25 nitrogen and oxygen atoms in total. The number of amides is 2. The van der Waals surface area contributed by atoms with Crippen molar-refractivity contribution < 1.29 is 85.6 Å². The minimum absolute atomic E-state index is 0.0269. The average molecular weight is 980 g/mol. The van der Waals surface area contributed by atoms with Gasteiger partial charge in [-0.3, -0.25) is 32.5 Å². The molecule has 1 aliphatic heterocycles. The summed E-state index contributed by atoms with van der Waals surface area (Å²) in [6, 6.07) is 0. The molecule has 1 aliphatic rings. The summed E-state index contributed by atoms with van der Waals surface area (Å²) in [4.78, 5) is 88.4. The van der Waals surface area contributed by atoms with Crippen molar-refractivity contribution in [2.45, 2.75) is 122 Å². The molecule has 0 spiro atoms. The number of nitrogens with two attached hydrogens (primary N) is 1. The second kappa shape index (κ2) is 24.9. The highest BCUT2D eigenvalue weighted by Gasteiger charge is 2.50. The summed E-state index contributed by atoms with van der Waals surface area (Å²) in [5, 5.41) is 36.5. The largest absolute Gasteiger partial charge is 0.481 e. The van der Waals surface area contributed by atoms with Crippen LogP contribution in [0.15, 0.2) is 12.7 Å². The standard InChI is InChI=1S/C34H60N7O18P3S/c1-5-6-7-8-9-10-11-12-21(2)25(43)33(47)63-16-15-36-23(42)13-14-37-31(46)28(45)34(3,4)18-56-62(53,54)59-61(51,52)55-17-22-27(58-60(48,49)50)26(44)32(57-22)41-20-40-24-29(35)38-19-39-30(24)41/h19-22,25-28,32,43-45H,5-18H2,1-4H3,(H,36,42)(H,37,46)(H,51,52)(H,53,54)(H2,35,38,39)(H2,48,49,50)/t21?,22-,25?,26-,27-,28+,32-/m1/s1. The number of unbranched alkanes of at least 4 members (excludes halogenated alkanes) is 6. The van der Waals surface area contributed by atoms with Crippen LogP contribution in [0.1, 0.15) is 91.7 Å². The third kappa shape index (κ3) is 18.0. The molecule has 1 saturated heterocycles. The number of hydrogen-bond donors (Lipinski definition) is 10. The van der Waals surface area contributed by atoms with Crippen LogP contribution in [0.2, 0.25) is 0 Å². The number of aromatic nitrogens is 4. The molecule has 360 valence electrons. The SMILES string of the molecule is CCCCCCCCCC(C)C(O)C(=O)SCCNC(=O)CCNC(=O)[C@H](O)C(C)(C)COP(=O)(O)OP(=O)(O)OC[C@H]1O[C@@H](n2cnc3c(N)ncnc32)[C@H](O)[C@@H]1OP(=O)(O)O. The van der Waals surface area contributed by atoms with Gasteiger partial charge < -0.3 is 56.0 Å². The molecule has 2 aromatic rings. The van der Waals surface area contributed by atoms with Crippen molar-refractivity contribution in [3.8, 4) is 0 Å². The molecule has 11 N–H and O–H groups in total. The van der Waals surface area contributed by atoms with E-state index < -0.39 is 90.7 Å². The van der Waals surface area contributed by atoms with Gasteiger partial charge in [0.2, 0.25) is 16.9 Å². The Bertz CT molecular complexity index is 1960. The van der Waals surface area contributed by atoms with Gasteiger partial charge in [0.05, 0.1) is 19.5 Å². The van der Waals surface area contributed by atoms with Gasteiger partial charge in [0.15, 0.2) is 17.7 Å². The van der Waals surface area contributed by atoms with E-state index in [1.807, 2.05) is 6.92 Å². The molecule has 2 aromatic heterocycles. The molecule has 3 heterocycles. The van der Waals surface area contributed by atoms with Crippen LogP contribution in [0, 0.1) is 11.3 Å². The quantitative estimate of drug-likeness (QED) is 0.0410. The van der Waals surface area contributed by atoms with Crippen LogP contribution >= 0.6 is 35.2 Å². The number of ether oxygens (including phenoxy) is 1. The number of nitrogens with zero attached hydrogens (tertiary/aromatic N) is 4. The fraction of sp³-hybridized carbons (Fsp3) is 0.765. The number of imidazole rings is 1. The van der Waals surface area contributed by atoms with Gasteiger partial charge in [-0.2, -0.15) is 4.31 Å². The number of fused-ring (bicyclic) bond motifs is 1. The normalized spacial score (nSPS) is 21.6. The molecule has 2 amide bonds. The number of rotatable bonds is 29. The fourth-order valence-corrected chi connectivity index (χ4v) is 9.82. The maximum atomic E-state index is 12.7. The number of carbonyl (C=O) groups excluding carboxylic acids is 3. The Hall–Kier alpha value is -2.48. The van der Waals surface area contributed by atoms with Gasteiger partial charge in [-0.15, -0.1) is 0 Å². The summed E-state index contributed by atoms with van der Waals surface area (Å²) in [6.07, 6.45) is 0.562. The number of anilines is 1. The van der Waals surface area contributed by atoms with Crippen LogP contribution in [-0.2, 0) is 50.7 Å². The lowest BCUT2D eigenvalue weighted by molar-refractivity contribution is -0.137. The summed E-state index contributed by atoms with van der Waals surface area (Å²) < 4.78 is 62.3. The Labute approximate surface area is 368 Å². The Morgan fingerprint density at radius 2 is 1.62 bits per heavy atom. The number of carbonyl (C=O) groups is 3. The molecule has 3 rings (SSSR count). The first-order valence-electron chi connectivity index (χ1n) is 20.1. The molecule has 0 radical (unpaired) electrons. The smallest absolute Gasteiger partial charge is 0.386 e. The molecule has 0 aromatic carbocycles. The van der Waals surface area contributed by atoms with Gasteiger partial charge in [-0.05, 0) is 12.3 Å². The van der Waals surface area contributed by atoms with Gasteiger partial charge >= 0.3 is 23.5 Å². The van der Waals surface area contributed by atoms with Gasteiger partial charge in [-0.25, -0.2) is 28.6 Å². The Kier molecular flexibility index (Phi) is 21.7. The first-order chi connectivity index (χ1) is 29.4. The van der Waals surface area contributed by atoms with Crippen LogP contribution < -0.4 is 16.4 Å². The molecule has 9 atom stereocenters. The number of hydrogen-bond acceptors (Lipinski definition) is 19. The lowest BCUT2D eigenvalue weighted by atomic mass is 9.87. The van der Waals surface area contributed by atoms with E-state index in [1.165, 1.54) is 39.5 Å². The number of aliphatic hydroxyl groups excluding tert-OH is 3. The Morgan fingerprint density at radius 1 is 0.968 bits per heavy atom.